The van der Waals surface area contributed by atoms with Crippen LogP contribution in [-0.4, -0.2) is 23.9 Å². The molecule has 3 rings (SSSR count). The fraction of sp³-hybridized carbons (Fsp3) is 0.440. The van der Waals surface area contributed by atoms with Crippen LogP contribution in [-0.2, 0) is 16.0 Å². The lowest BCUT2D eigenvalue weighted by molar-refractivity contribution is -0.130. The number of nitrogens with one attached hydrogen (secondary N) is 3. The molecule has 0 unspecified atom stereocenters. The number of amides is 2. The second kappa shape index (κ2) is 11.9. The van der Waals surface area contributed by atoms with E-state index in [2.05, 4.69) is 29.2 Å². The predicted octanol–water partition coefficient (Wildman–Crippen LogP) is 4.94. The average molecular weight is 440 g/mol. The summed E-state index contributed by atoms with van der Waals surface area (Å²) in [5, 5.41) is 6.01. The van der Waals surface area contributed by atoms with Crippen molar-refractivity contribution in [1.29, 1.82) is 0 Å². The first-order valence-electron chi connectivity index (χ1n) is 11.2. The molecule has 0 radical (unpaired) electrons. The quantitative estimate of drug-likeness (QED) is 0.484. The number of carbonyl (C=O) groups is 2. The van der Waals surface area contributed by atoms with Crippen LogP contribution in [0.3, 0.4) is 0 Å². The van der Waals surface area contributed by atoms with Crippen LogP contribution in [0.4, 0.5) is 5.69 Å². The molecule has 2 aromatic carbocycles. The number of benzene rings is 2. The molecule has 1 aliphatic carbocycles. The average Bonchev–Trinajstić information content (AvgIpc) is 2.79. The summed E-state index contributed by atoms with van der Waals surface area (Å²) in [6, 6.07) is 17.3. The summed E-state index contributed by atoms with van der Waals surface area (Å²) in [4.78, 5) is 27.0. The monoisotopic (exact) mass is 439 g/mol. The van der Waals surface area contributed by atoms with Crippen molar-refractivity contribution in [2.45, 2.75) is 69.4 Å². The van der Waals surface area contributed by atoms with Gasteiger partial charge in [-0.15, -0.1) is 0 Å². The normalized spacial score (nSPS) is 15.5. The topological polar surface area (TPSA) is 70.2 Å². The third kappa shape index (κ3) is 7.71. The molecule has 6 heteroatoms. The maximum Gasteiger partial charge on any atom is 0.247 e. The summed E-state index contributed by atoms with van der Waals surface area (Å²) in [6.45, 7) is 4.19. The van der Waals surface area contributed by atoms with Gasteiger partial charge in [-0.05, 0) is 68.5 Å². The van der Waals surface area contributed by atoms with Crippen molar-refractivity contribution in [1.82, 2.24) is 10.0 Å². The van der Waals surface area contributed by atoms with Crippen molar-refractivity contribution in [2.75, 3.05) is 5.32 Å². The molecule has 166 valence electrons. The molecule has 1 aliphatic rings. The second-order valence-electron chi connectivity index (χ2n) is 8.47. The van der Waals surface area contributed by atoms with Crippen LogP contribution < -0.4 is 15.4 Å². The SMILES string of the molecule is CC(C)NSc1ccc(NC(=O)[C@H](Cc2ccccc2)NC(=O)C2CCCCC2)cc1. The Morgan fingerprint density at radius 3 is 2.29 bits per heavy atom. The highest BCUT2D eigenvalue weighted by Gasteiger charge is 2.27. The standard InChI is InChI=1S/C25H33N3O2S/c1-18(2)28-31-22-15-13-21(14-16-22)26-25(30)23(17-19-9-5-3-6-10-19)27-24(29)20-11-7-4-8-12-20/h3,5-6,9-10,13-16,18,20,23,28H,4,7-8,11-12,17H2,1-2H3,(H,26,30)(H,27,29)/t23-/m0/s1. The molecular formula is C25H33N3O2S. The molecule has 3 N–H and O–H groups in total. The van der Waals surface area contributed by atoms with E-state index in [0.717, 1.165) is 41.8 Å². The first-order chi connectivity index (χ1) is 15.0. The third-order valence-electron chi connectivity index (χ3n) is 5.43. The van der Waals surface area contributed by atoms with E-state index in [-0.39, 0.29) is 17.7 Å². The molecule has 5 nitrogen and oxygen atoms in total. The van der Waals surface area contributed by atoms with Gasteiger partial charge in [-0.1, -0.05) is 49.6 Å². The van der Waals surface area contributed by atoms with Crippen LogP contribution in [0.1, 0.15) is 51.5 Å². The number of hydrogen-bond acceptors (Lipinski definition) is 4. The largest absolute Gasteiger partial charge is 0.344 e. The van der Waals surface area contributed by atoms with Crippen LogP contribution in [0.15, 0.2) is 59.5 Å². The smallest absolute Gasteiger partial charge is 0.247 e. The van der Waals surface area contributed by atoms with Crippen LogP contribution >= 0.6 is 11.9 Å². The fourth-order valence-corrected chi connectivity index (χ4v) is 4.38. The van der Waals surface area contributed by atoms with Gasteiger partial charge in [-0.25, -0.2) is 0 Å². The van der Waals surface area contributed by atoms with Gasteiger partial charge in [-0.2, -0.15) is 0 Å². The minimum atomic E-state index is -0.603. The van der Waals surface area contributed by atoms with Crippen molar-refractivity contribution in [3.05, 3.63) is 60.2 Å². The Labute approximate surface area is 189 Å². The molecule has 2 aromatic rings. The molecule has 31 heavy (non-hydrogen) atoms. The van der Waals surface area contributed by atoms with Gasteiger partial charge >= 0.3 is 0 Å². The van der Waals surface area contributed by atoms with E-state index in [4.69, 9.17) is 0 Å². The van der Waals surface area contributed by atoms with Gasteiger partial charge < -0.3 is 10.6 Å². The highest BCUT2D eigenvalue weighted by molar-refractivity contribution is 7.97. The van der Waals surface area contributed by atoms with Gasteiger partial charge in [-0.3, -0.25) is 14.3 Å². The first-order valence-corrected chi connectivity index (χ1v) is 12.0. The maximum atomic E-state index is 13.1. The van der Waals surface area contributed by atoms with Crippen molar-refractivity contribution >= 4 is 29.4 Å². The van der Waals surface area contributed by atoms with E-state index in [1.807, 2.05) is 54.6 Å². The molecule has 0 bridgehead atoms. The molecule has 2 amide bonds. The summed E-state index contributed by atoms with van der Waals surface area (Å²) in [6.07, 6.45) is 5.66. The Morgan fingerprint density at radius 1 is 0.968 bits per heavy atom. The molecule has 1 saturated carbocycles. The van der Waals surface area contributed by atoms with Crippen molar-refractivity contribution < 1.29 is 9.59 Å². The highest BCUT2D eigenvalue weighted by atomic mass is 32.2. The molecule has 1 atom stereocenters. The van der Waals surface area contributed by atoms with Gasteiger partial charge in [0.25, 0.3) is 0 Å². The zero-order valence-electron chi connectivity index (χ0n) is 18.4. The van der Waals surface area contributed by atoms with Crippen LogP contribution in [0.25, 0.3) is 0 Å². The summed E-state index contributed by atoms with van der Waals surface area (Å²) in [5.41, 5.74) is 1.75. The lowest BCUT2D eigenvalue weighted by Crippen LogP contribution is -2.47. The lowest BCUT2D eigenvalue weighted by atomic mass is 9.88. The Hall–Kier alpha value is -2.31. The number of rotatable bonds is 9. The summed E-state index contributed by atoms with van der Waals surface area (Å²) < 4.78 is 3.30. The van der Waals surface area contributed by atoms with Gasteiger partial charge in [0.05, 0.1) is 0 Å². The highest BCUT2D eigenvalue weighted by Crippen LogP contribution is 2.24. The molecule has 0 spiro atoms. The first kappa shape index (κ1) is 23.4. The zero-order valence-corrected chi connectivity index (χ0v) is 19.2. The van der Waals surface area contributed by atoms with Gasteiger partial charge in [0.15, 0.2) is 0 Å². The molecule has 1 fully saturated rings. The second-order valence-corrected chi connectivity index (χ2v) is 9.39. The predicted molar refractivity (Wildman–Crippen MR) is 128 cm³/mol. The van der Waals surface area contributed by atoms with Gasteiger partial charge in [0.2, 0.25) is 11.8 Å². The van der Waals surface area contributed by atoms with E-state index >= 15 is 0 Å². The summed E-state index contributed by atoms with van der Waals surface area (Å²) >= 11 is 1.57. The van der Waals surface area contributed by atoms with E-state index in [1.54, 1.807) is 11.9 Å². The minimum absolute atomic E-state index is 0.00212. The maximum absolute atomic E-state index is 13.1. The lowest BCUT2D eigenvalue weighted by Gasteiger charge is -2.25. The number of hydrogen-bond donors (Lipinski definition) is 3. The van der Waals surface area contributed by atoms with Crippen molar-refractivity contribution in [3.63, 3.8) is 0 Å². The third-order valence-corrected chi connectivity index (χ3v) is 6.52. The number of anilines is 1. The van der Waals surface area contributed by atoms with E-state index < -0.39 is 6.04 Å². The Balaban J connectivity index is 1.65. The zero-order chi connectivity index (χ0) is 22.1. The van der Waals surface area contributed by atoms with E-state index in [1.165, 1.54) is 6.42 Å². The Kier molecular flexibility index (Phi) is 8.98. The summed E-state index contributed by atoms with van der Waals surface area (Å²) in [7, 11) is 0. The van der Waals surface area contributed by atoms with Crippen LogP contribution in [0, 0.1) is 5.92 Å². The van der Waals surface area contributed by atoms with Gasteiger partial charge in [0, 0.05) is 29.0 Å². The fourth-order valence-electron chi connectivity index (χ4n) is 3.73. The molecule has 0 saturated heterocycles. The molecule has 0 aromatic heterocycles. The van der Waals surface area contributed by atoms with E-state index in [0.29, 0.717) is 12.5 Å². The van der Waals surface area contributed by atoms with Crippen molar-refractivity contribution in [2.24, 2.45) is 5.92 Å². The number of carbonyl (C=O) groups excluding carboxylic acids is 2. The van der Waals surface area contributed by atoms with Gasteiger partial charge in [0.1, 0.15) is 6.04 Å². The Morgan fingerprint density at radius 2 is 1.65 bits per heavy atom. The molecular weight excluding hydrogens is 406 g/mol. The van der Waals surface area contributed by atoms with E-state index in [9.17, 15) is 9.59 Å². The van der Waals surface area contributed by atoms with Crippen LogP contribution in [0.5, 0.6) is 0 Å². The Bertz CT molecular complexity index is 834. The molecule has 0 aliphatic heterocycles. The van der Waals surface area contributed by atoms with Crippen LogP contribution in [0.2, 0.25) is 0 Å². The molecule has 0 heterocycles. The van der Waals surface area contributed by atoms with Crippen molar-refractivity contribution in [3.8, 4) is 0 Å². The minimum Gasteiger partial charge on any atom is -0.344 e. The summed E-state index contributed by atoms with van der Waals surface area (Å²) in [5.74, 6) is -0.166.